The lowest BCUT2D eigenvalue weighted by molar-refractivity contribution is 0.397. The molecule has 0 radical (unpaired) electrons. The lowest BCUT2D eigenvalue weighted by Gasteiger charge is -2.01. The summed E-state index contributed by atoms with van der Waals surface area (Å²) in [6.45, 7) is 0. The summed E-state index contributed by atoms with van der Waals surface area (Å²) in [6.07, 6.45) is 0. The highest BCUT2D eigenvalue weighted by atomic mass is 32.2. The minimum Gasteiger partial charge on any atom is -0.282 e. The third-order valence-electron chi connectivity index (χ3n) is 1.63. The average molecular weight is 252 g/mol. The van der Waals surface area contributed by atoms with Gasteiger partial charge in [-0.15, -0.1) is 0 Å². The van der Waals surface area contributed by atoms with Gasteiger partial charge in [-0.1, -0.05) is 0 Å². The molecule has 0 aliphatic rings. The van der Waals surface area contributed by atoms with Crippen LogP contribution < -0.4 is 0 Å². The van der Waals surface area contributed by atoms with Gasteiger partial charge in [0.1, 0.15) is 0 Å². The van der Waals surface area contributed by atoms with Crippen LogP contribution in [0.1, 0.15) is 0 Å². The zero-order valence-corrected chi connectivity index (χ0v) is 9.25. The normalized spacial score (nSPS) is 12.7. The molecule has 0 aliphatic heterocycles. The van der Waals surface area contributed by atoms with Gasteiger partial charge in [0.15, 0.2) is 0 Å². The summed E-state index contributed by atoms with van der Waals surface area (Å²) in [5.74, 6) is 0. The molecule has 6 nitrogen and oxygen atoms in total. The molecule has 0 amide bonds. The van der Waals surface area contributed by atoms with Gasteiger partial charge in [-0.05, 0) is 24.3 Å². The van der Waals surface area contributed by atoms with Gasteiger partial charge >= 0.3 is 0 Å². The first-order valence-corrected chi connectivity index (χ1v) is 6.50. The van der Waals surface area contributed by atoms with Gasteiger partial charge in [-0.2, -0.15) is 16.8 Å². The van der Waals surface area contributed by atoms with E-state index in [0.717, 1.165) is 31.4 Å². The Hall–Kier alpha value is -0.960. The van der Waals surface area contributed by atoms with Crippen molar-refractivity contribution in [3.05, 3.63) is 24.3 Å². The van der Waals surface area contributed by atoms with Crippen molar-refractivity contribution in [3.63, 3.8) is 0 Å². The van der Waals surface area contributed by atoms with E-state index >= 15 is 0 Å². The highest BCUT2D eigenvalue weighted by Crippen LogP contribution is 2.15. The van der Waals surface area contributed by atoms with E-state index in [1.165, 1.54) is 0 Å². The Balaban J connectivity index is 3.24. The Kier molecular flexibility index (Phi) is 3.14. The number of rotatable bonds is 3. The van der Waals surface area contributed by atoms with Crippen LogP contribution in [0.3, 0.4) is 0 Å². The van der Waals surface area contributed by atoms with E-state index in [2.05, 4.69) is 4.18 Å². The molecule has 0 spiro atoms. The molecule has 0 saturated carbocycles. The lowest BCUT2D eigenvalue weighted by Crippen LogP contribution is -2.04. The van der Waals surface area contributed by atoms with E-state index in [0.29, 0.717) is 0 Å². The lowest BCUT2D eigenvalue weighted by atomic mass is 10.4. The van der Waals surface area contributed by atoms with Gasteiger partial charge < -0.3 is 0 Å². The molecule has 1 aromatic carbocycles. The Morgan fingerprint density at radius 2 is 1.40 bits per heavy atom. The minimum absolute atomic E-state index is 0.183. The standard InChI is InChI=1S/C7H8O6S2/c1-13-15(11,12)7-4-2-6(3-5-7)14(8,9)10/h2-5H,1H3,(H,8,9,10). The maximum Gasteiger partial charge on any atom is 0.296 e. The SMILES string of the molecule is COS(=O)(=O)c1ccc(S(=O)(=O)O)cc1. The topological polar surface area (TPSA) is 97.7 Å². The van der Waals surface area contributed by atoms with Crippen molar-refractivity contribution in [2.45, 2.75) is 9.79 Å². The molecule has 1 N–H and O–H groups in total. The fourth-order valence-electron chi connectivity index (χ4n) is 0.875. The van der Waals surface area contributed by atoms with Crippen LogP contribution in [-0.4, -0.2) is 28.5 Å². The van der Waals surface area contributed by atoms with Crippen LogP contribution >= 0.6 is 0 Å². The summed E-state index contributed by atoms with van der Waals surface area (Å²) in [6, 6.07) is 4.01. The maximum atomic E-state index is 11.1. The molecule has 1 aromatic rings. The number of hydrogen-bond donors (Lipinski definition) is 1. The second-order valence-corrected chi connectivity index (χ2v) is 5.70. The van der Waals surface area contributed by atoms with Crippen LogP contribution in [0.25, 0.3) is 0 Å². The Morgan fingerprint density at radius 1 is 1.00 bits per heavy atom. The second-order valence-electron chi connectivity index (χ2n) is 2.57. The quantitative estimate of drug-likeness (QED) is 0.612. The van der Waals surface area contributed by atoms with Gasteiger partial charge in [0, 0.05) is 0 Å². The van der Waals surface area contributed by atoms with Gasteiger partial charge in [0.05, 0.1) is 16.9 Å². The monoisotopic (exact) mass is 252 g/mol. The fraction of sp³-hybridized carbons (Fsp3) is 0.143. The highest BCUT2D eigenvalue weighted by molar-refractivity contribution is 7.87. The molecule has 0 unspecified atom stereocenters. The van der Waals surface area contributed by atoms with Crippen molar-refractivity contribution < 1.29 is 25.6 Å². The molecule has 1 rings (SSSR count). The number of hydrogen-bond acceptors (Lipinski definition) is 5. The summed E-state index contributed by atoms with van der Waals surface area (Å²) in [7, 11) is -7.15. The van der Waals surface area contributed by atoms with E-state index in [1.807, 2.05) is 0 Å². The van der Waals surface area contributed by atoms with Gasteiger partial charge in [0.2, 0.25) is 0 Å². The predicted octanol–water partition coefficient (Wildman–Crippen LogP) is 0.268. The summed E-state index contributed by atoms with van der Waals surface area (Å²) in [5.41, 5.74) is 0. The molecule has 0 aromatic heterocycles. The van der Waals surface area contributed by atoms with E-state index in [9.17, 15) is 16.8 Å². The third kappa shape index (κ3) is 2.75. The van der Waals surface area contributed by atoms with Gasteiger partial charge in [0.25, 0.3) is 20.2 Å². The molecule has 0 aliphatic carbocycles. The van der Waals surface area contributed by atoms with Crippen molar-refractivity contribution in [1.82, 2.24) is 0 Å². The number of benzene rings is 1. The molecule has 8 heteroatoms. The Morgan fingerprint density at radius 3 is 1.73 bits per heavy atom. The van der Waals surface area contributed by atoms with Crippen molar-refractivity contribution in [2.75, 3.05) is 7.11 Å². The van der Waals surface area contributed by atoms with Crippen molar-refractivity contribution in [1.29, 1.82) is 0 Å². The van der Waals surface area contributed by atoms with Crippen LogP contribution in [0.15, 0.2) is 34.1 Å². The molecular weight excluding hydrogens is 244 g/mol. The molecule has 0 atom stereocenters. The zero-order chi connectivity index (χ0) is 11.7. The Bertz CT molecular complexity index is 540. The van der Waals surface area contributed by atoms with E-state index in [1.54, 1.807) is 0 Å². The predicted molar refractivity (Wildman–Crippen MR) is 50.5 cm³/mol. The summed E-state index contributed by atoms with van der Waals surface area (Å²) in [5, 5.41) is 0. The summed E-state index contributed by atoms with van der Waals surface area (Å²) < 4.78 is 56.4. The zero-order valence-electron chi connectivity index (χ0n) is 7.61. The van der Waals surface area contributed by atoms with Crippen LogP contribution in [-0.2, 0) is 24.4 Å². The molecule has 0 heterocycles. The van der Waals surface area contributed by atoms with E-state index < -0.39 is 20.2 Å². The smallest absolute Gasteiger partial charge is 0.282 e. The van der Waals surface area contributed by atoms with E-state index in [4.69, 9.17) is 4.55 Å². The first kappa shape index (κ1) is 12.1. The maximum absolute atomic E-state index is 11.1. The van der Waals surface area contributed by atoms with E-state index in [-0.39, 0.29) is 9.79 Å². The molecule has 0 saturated heterocycles. The van der Waals surface area contributed by atoms with Crippen molar-refractivity contribution >= 4 is 20.2 Å². The molecule has 84 valence electrons. The van der Waals surface area contributed by atoms with Crippen LogP contribution in [0.2, 0.25) is 0 Å². The molecule has 15 heavy (non-hydrogen) atoms. The molecule has 0 fully saturated rings. The second kappa shape index (κ2) is 3.89. The van der Waals surface area contributed by atoms with Crippen molar-refractivity contribution in [2.24, 2.45) is 0 Å². The fourth-order valence-corrected chi connectivity index (χ4v) is 2.02. The minimum atomic E-state index is -4.31. The molecular formula is C7H8O6S2. The first-order valence-electron chi connectivity index (χ1n) is 3.65. The largest absolute Gasteiger partial charge is 0.296 e. The van der Waals surface area contributed by atoms with Crippen LogP contribution in [0.4, 0.5) is 0 Å². The molecule has 0 bridgehead atoms. The van der Waals surface area contributed by atoms with Gasteiger partial charge in [-0.25, -0.2) is 0 Å². The Labute approximate surface area is 87.4 Å². The summed E-state index contributed by atoms with van der Waals surface area (Å²) >= 11 is 0. The van der Waals surface area contributed by atoms with Gasteiger partial charge in [-0.3, -0.25) is 8.74 Å². The highest BCUT2D eigenvalue weighted by Gasteiger charge is 2.15. The summed E-state index contributed by atoms with van der Waals surface area (Å²) in [4.78, 5) is -0.560. The van der Waals surface area contributed by atoms with Crippen LogP contribution in [0.5, 0.6) is 0 Å². The first-order chi connectivity index (χ1) is 6.77. The third-order valence-corrected chi connectivity index (χ3v) is 3.79. The average Bonchev–Trinajstić information content (AvgIpc) is 2.17. The van der Waals surface area contributed by atoms with Crippen LogP contribution in [0, 0.1) is 0 Å². The van der Waals surface area contributed by atoms with Crippen molar-refractivity contribution in [3.8, 4) is 0 Å².